The second-order valence-corrected chi connectivity index (χ2v) is 5.88. The molecule has 5 heteroatoms. The molecule has 2 fully saturated rings. The summed E-state index contributed by atoms with van der Waals surface area (Å²) in [5, 5.41) is 0. The Balaban J connectivity index is 1.44. The third kappa shape index (κ3) is 2.81. The van der Waals surface area contributed by atoms with Crippen LogP contribution in [0.2, 0.25) is 0 Å². The lowest BCUT2D eigenvalue weighted by Gasteiger charge is -2.20. The van der Waals surface area contributed by atoms with Crippen LogP contribution >= 0.6 is 0 Å². The number of carbonyl (C=O) groups excluding carboxylic acids is 2. The van der Waals surface area contributed by atoms with Crippen molar-refractivity contribution in [2.45, 2.75) is 32.1 Å². The topological polar surface area (TPSA) is 71.1 Å². The summed E-state index contributed by atoms with van der Waals surface area (Å²) in [7, 11) is 0. The van der Waals surface area contributed by atoms with Crippen LogP contribution < -0.4 is 10.9 Å². The van der Waals surface area contributed by atoms with Gasteiger partial charge in [0.2, 0.25) is 5.91 Å². The van der Waals surface area contributed by atoms with E-state index in [9.17, 15) is 9.59 Å². The van der Waals surface area contributed by atoms with Gasteiger partial charge in [-0.25, -0.2) is 0 Å². The number of hydrogen-bond acceptors (Lipinski definition) is 3. The van der Waals surface area contributed by atoms with Gasteiger partial charge in [-0.2, -0.15) is 0 Å². The van der Waals surface area contributed by atoms with Gasteiger partial charge in [0.1, 0.15) is 0 Å². The molecule has 0 saturated heterocycles. The first-order chi connectivity index (χ1) is 9.72. The number of amides is 2. The van der Waals surface area contributed by atoms with Crippen LogP contribution in [0.25, 0.3) is 0 Å². The zero-order valence-electron chi connectivity index (χ0n) is 11.3. The summed E-state index contributed by atoms with van der Waals surface area (Å²) in [4.78, 5) is 27.5. The number of nitrogens with zero attached hydrogens (tertiary/aromatic N) is 1. The van der Waals surface area contributed by atoms with Crippen LogP contribution in [-0.4, -0.2) is 16.8 Å². The van der Waals surface area contributed by atoms with Gasteiger partial charge >= 0.3 is 0 Å². The molecule has 2 N–H and O–H groups in total. The second kappa shape index (κ2) is 5.61. The lowest BCUT2D eigenvalue weighted by atomic mass is 9.86. The van der Waals surface area contributed by atoms with E-state index in [-0.39, 0.29) is 11.8 Å². The van der Waals surface area contributed by atoms with E-state index in [0.717, 1.165) is 11.8 Å². The molecule has 0 unspecified atom stereocenters. The Morgan fingerprint density at radius 1 is 1.15 bits per heavy atom. The Morgan fingerprint density at radius 2 is 1.95 bits per heavy atom. The van der Waals surface area contributed by atoms with Crippen molar-refractivity contribution in [3.05, 3.63) is 30.1 Å². The smallest absolute Gasteiger partial charge is 0.269 e. The van der Waals surface area contributed by atoms with Gasteiger partial charge < -0.3 is 0 Å². The van der Waals surface area contributed by atoms with Gasteiger partial charge in [0, 0.05) is 24.4 Å². The van der Waals surface area contributed by atoms with E-state index in [4.69, 9.17) is 0 Å². The molecule has 3 rings (SSSR count). The molecule has 5 nitrogen and oxygen atoms in total. The molecule has 2 aliphatic carbocycles. The SMILES string of the molecule is O=C(C[C@H]1C[C@H]2CC[C@H]1C2)NNC(=O)c1ccncc1. The fourth-order valence-corrected chi connectivity index (χ4v) is 3.62. The van der Waals surface area contributed by atoms with Gasteiger partial charge in [0.05, 0.1) is 0 Å². The van der Waals surface area contributed by atoms with Crippen molar-refractivity contribution in [1.82, 2.24) is 15.8 Å². The van der Waals surface area contributed by atoms with E-state index < -0.39 is 0 Å². The third-order valence-corrected chi connectivity index (χ3v) is 4.59. The summed E-state index contributed by atoms with van der Waals surface area (Å²) in [6.45, 7) is 0. The van der Waals surface area contributed by atoms with Crippen molar-refractivity contribution in [3.8, 4) is 0 Å². The molecule has 3 atom stereocenters. The lowest BCUT2D eigenvalue weighted by molar-refractivity contribution is -0.123. The van der Waals surface area contributed by atoms with Crippen LogP contribution in [-0.2, 0) is 4.79 Å². The second-order valence-electron chi connectivity index (χ2n) is 5.88. The largest absolute Gasteiger partial charge is 0.273 e. The molecule has 106 valence electrons. The van der Waals surface area contributed by atoms with Gasteiger partial charge in [-0.3, -0.25) is 25.4 Å². The summed E-state index contributed by atoms with van der Waals surface area (Å²) < 4.78 is 0. The van der Waals surface area contributed by atoms with Crippen LogP contribution in [0.4, 0.5) is 0 Å². The van der Waals surface area contributed by atoms with Gasteiger partial charge in [-0.05, 0) is 49.1 Å². The fraction of sp³-hybridized carbons (Fsp3) is 0.533. The zero-order chi connectivity index (χ0) is 13.9. The maximum absolute atomic E-state index is 11.9. The fourth-order valence-electron chi connectivity index (χ4n) is 3.62. The Morgan fingerprint density at radius 3 is 2.60 bits per heavy atom. The number of rotatable bonds is 3. The number of hydrogen-bond donors (Lipinski definition) is 2. The molecule has 2 bridgehead atoms. The minimum Gasteiger partial charge on any atom is -0.273 e. The number of nitrogens with one attached hydrogen (secondary N) is 2. The first kappa shape index (κ1) is 13.1. The number of pyridine rings is 1. The summed E-state index contributed by atoms with van der Waals surface area (Å²) in [6.07, 6.45) is 8.70. The highest BCUT2D eigenvalue weighted by Gasteiger charge is 2.40. The predicted octanol–water partition coefficient (Wildman–Crippen LogP) is 1.67. The first-order valence-electron chi connectivity index (χ1n) is 7.21. The molecule has 1 aromatic rings. The highest BCUT2D eigenvalue weighted by molar-refractivity contribution is 5.95. The maximum atomic E-state index is 11.9. The number of carbonyl (C=O) groups is 2. The van der Waals surface area contributed by atoms with Gasteiger partial charge in [-0.15, -0.1) is 0 Å². The van der Waals surface area contributed by atoms with E-state index in [0.29, 0.717) is 17.9 Å². The predicted molar refractivity (Wildman–Crippen MR) is 73.4 cm³/mol. The highest BCUT2D eigenvalue weighted by Crippen LogP contribution is 2.49. The molecular weight excluding hydrogens is 254 g/mol. The van der Waals surface area contributed by atoms with Crippen molar-refractivity contribution in [3.63, 3.8) is 0 Å². The standard InChI is InChI=1S/C15H19N3O2/c19-14(9-13-8-10-1-2-12(13)7-10)17-18-15(20)11-3-5-16-6-4-11/h3-6,10,12-13H,1-2,7-9H2,(H,17,19)(H,18,20)/t10-,12-,13+/m0/s1. The molecular formula is C15H19N3O2. The van der Waals surface area contributed by atoms with E-state index in [1.165, 1.54) is 25.7 Å². The van der Waals surface area contributed by atoms with Crippen LogP contribution in [0.1, 0.15) is 42.5 Å². The Hall–Kier alpha value is -1.91. The Kier molecular flexibility index (Phi) is 3.67. The maximum Gasteiger partial charge on any atom is 0.269 e. The lowest BCUT2D eigenvalue weighted by Crippen LogP contribution is -2.42. The molecule has 0 radical (unpaired) electrons. The molecule has 1 aromatic heterocycles. The summed E-state index contributed by atoms with van der Waals surface area (Å²) in [6, 6.07) is 3.22. The molecule has 1 heterocycles. The van der Waals surface area contributed by atoms with Gasteiger partial charge in [-0.1, -0.05) is 6.42 Å². The number of fused-ring (bicyclic) bond motifs is 2. The van der Waals surface area contributed by atoms with Crippen molar-refractivity contribution >= 4 is 11.8 Å². The van der Waals surface area contributed by atoms with E-state index >= 15 is 0 Å². The molecule has 0 spiro atoms. The molecule has 2 aliphatic rings. The first-order valence-corrected chi connectivity index (χ1v) is 7.21. The number of aromatic nitrogens is 1. The monoisotopic (exact) mass is 273 g/mol. The Bertz CT molecular complexity index is 503. The van der Waals surface area contributed by atoms with Crippen molar-refractivity contribution in [2.24, 2.45) is 17.8 Å². The van der Waals surface area contributed by atoms with E-state index in [2.05, 4.69) is 15.8 Å². The molecule has 0 aromatic carbocycles. The van der Waals surface area contributed by atoms with Crippen LogP contribution in [0.5, 0.6) is 0 Å². The average Bonchev–Trinajstić information content (AvgIpc) is 3.08. The summed E-state index contributed by atoms with van der Waals surface area (Å²) >= 11 is 0. The minimum atomic E-state index is -0.311. The zero-order valence-corrected chi connectivity index (χ0v) is 11.3. The van der Waals surface area contributed by atoms with Crippen molar-refractivity contribution in [1.29, 1.82) is 0 Å². The molecule has 0 aliphatic heterocycles. The summed E-state index contributed by atoms with van der Waals surface area (Å²) in [5.74, 6) is 1.66. The Labute approximate surface area is 118 Å². The van der Waals surface area contributed by atoms with Crippen molar-refractivity contribution < 1.29 is 9.59 Å². The number of hydrazine groups is 1. The molecule has 2 saturated carbocycles. The van der Waals surface area contributed by atoms with Crippen LogP contribution in [0.15, 0.2) is 24.5 Å². The summed E-state index contributed by atoms with van der Waals surface area (Å²) in [5.41, 5.74) is 5.45. The molecule has 2 amide bonds. The quantitative estimate of drug-likeness (QED) is 0.823. The van der Waals surface area contributed by atoms with Crippen molar-refractivity contribution in [2.75, 3.05) is 0 Å². The highest BCUT2D eigenvalue weighted by atomic mass is 16.2. The molecule has 20 heavy (non-hydrogen) atoms. The van der Waals surface area contributed by atoms with Crippen LogP contribution in [0, 0.1) is 17.8 Å². The average molecular weight is 273 g/mol. The minimum absolute atomic E-state index is 0.0926. The van der Waals surface area contributed by atoms with Gasteiger partial charge in [0.15, 0.2) is 0 Å². The van der Waals surface area contributed by atoms with E-state index in [1.807, 2.05) is 0 Å². The van der Waals surface area contributed by atoms with E-state index in [1.54, 1.807) is 24.5 Å². The van der Waals surface area contributed by atoms with Crippen LogP contribution in [0.3, 0.4) is 0 Å². The van der Waals surface area contributed by atoms with Gasteiger partial charge in [0.25, 0.3) is 5.91 Å². The normalized spacial score (nSPS) is 27.3. The third-order valence-electron chi connectivity index (χ3n) is 4.59.